The van der Waals surface area contributed by atoms with E-state index >= 15 is 0 Å². The number of pyridine rings is 2. The van der Waals surface area contributed by atoms with Crippen molar-refractivity contribution in [2.24, 2.45) is 0 Å². The fraction of sp³-hybridized carbons (Fsp3) is 0.100. The van der Waals surface area contributed by atoms with Crippen molar-refractivity contribution in [2.75, 3.05) is 23.4 Å². The zero-order valence-electron chi connectivity index (χ0n) is 16.0. The molecule has 0 spiro atoms. The molecule has 2 heterocycles. The van der Waals surface area contributed by atoms with Gasteiger partial charge in [0.2, 0.25) is 15.9 Å². The Morgan fingerprint density at radius 1 is 0.967 bits per heavy atom. The third-order valence-electron chi connectivity index (χ3n) is 4.20. The third-order valence-corrected chi connectivity index (χ3v) is 5.04. The van der Waals surface area contributed by atoms with Gasteiger partial charge in [0.25, 0.3) is 0 Å². The molecule has 2 aromatic carbocycles. The number of nitrogens with one attached hydrogen (secondary N) is 2. The van der Waals surface area contributed by atoms with E-state index < -0.39 is 10.0 Å². The van der Waals surface area contributed by atoms with Crippen LogP contribution in [0.4, 0.5) is 17.1 Å². The molecule has 4 rings (SSSR count). The lowest BCUT2D eigenvalue weighted by Gasteiger charge is -2.14. The summed E-state index contributed by atoms with van der Waals surface area (Å²) in [7, 11) is -1.83. The molecule has 0 bridgehead atoms. The zero-order valence-corrected chi connectivity index (χ0v) is 18.4. The van der Waals surface area contributed by atoms with E-state index in [2.05, 4.69) is 20.0 Å². The number of sulfonamides is 1. The molecule has 7 nitrogen and oxygen atoms in total. The number of methoxy groups -OCH3 is 1. The van der Waals surface area contributed by atoms with Gasteiger partial charge in [-0.25, -0.2) is 18.4 Å². The molecule has 0 unspecified atom stereocenters. The van der Waals surface area contributed by atoms with Gasteiger partial charge in [-0.05, 0) is 42.5 Å². The van der Waals surface area contributed by atoms with E-state index in [1.165, 1.54) is 0 Å². The Morgan fingerprint density at radius 3 is 2.47 bits per heavy atom. The summed E-state index contributed by atoms with van der Waals surface area (Å²) in [6.45, 7) is 0. The Labute approximate surface area is 184 Å². The van der Waals surface area contributed by atoms with Gasteiger partial charge < -0.3 is 10.1 Å². The average molecular weight is 465 g/mol. The first-order chi connectivity index (χ1) is 13.8. The van der Waals surface area contributed by atoms with Gasteiger partial charge >= 0.3 is 0 Å². The minimum atomic E-state index is -3.38. The van der Waals surface area contributed by atoms with E-state index in [9.17, 15) is 8.42 Å². The van der Waals surface area contributed by atoms with E-state index in [0.717, 1.165) is 17.3 Å². The van der Waals surface area contributed by atoms with Gasteiger partial charge in [-0.1, -0.05) is 17.7 Å². The number of rotatable bonds is 5. The fourth-order valence-corrected chi connectivity index (χ4v) is 3.75. The molecule has 2 N–H and O–H groups in total. The van der Waals surface area contributed by atoms with E-state index in [1.807, 2.05) is 18.2 Å². The van der Waals surface area contributed by atoms with Crippen LogP contribution in [0.2, 0.25) is 5.02 Å². The van der Waals surface area contributed by atoms with Crippen LogP contribution in [0.1, 0.15) is 0 Å². The highest BCUT2D eigenvalue weighted by molar-refractivity contribution is 7.92. The third kappa shape index (κ3) is 4.67. The lowest BCUT2D eigenvalue weighted by atomic mass is 10.1. The number of aromatic nitrogens is 2. The molecule has 0 aliphatic carbocycles. The fourth-order valence-electron chi connectivity index (χ4n) is 3.03. The molecule has 0 aliphatic heterocycles. The maximum atomic E-state index is 11.5. The Kier molecular flexibility index (Phi) is 6.21. The molecule has 0 saturated carbocycles. The topological polar surface area (TPSA) is 93.2 Å². The standard InChI is InChI=1S/C20H17ClN4O3S.ClH/c1-28-18-9-8-16-20(24-18)19(15-7-6-12(21)10-17(15)23-16)22-13-4-3-5-14(11-13)25-29(2,26)27;/h3-11,25H,1-2H3,(H,22,23);1H. The summed E-state index contributed by atoms with van der Waals surface area (Å²) in [5.41, 5.74) is 3.87. The van der Waals surface area contributed by atoms with Crippen LogP contribution in [0.15, 0.2) is 54.6 Å². The summed E-state index contributed by atoms with van der Waals surface area (Å²) in [6.07, 6.45) is 1.11. The molecule has 0 atom stereocenters. The van der Waals surface area contributed by atoms with Gasteiger partial charge in [-0.3, -0.25) is 4.72 Å². The number of benzene rings is 2. The Morgan fingerprint density at radius 2 is 1.73 bits per heavy atom. The number of fused-ring (bicyclic) bond motifs is 2. The number of ether oxygens (including phenoxy) is 1. The van der Waals surface area contributed by atoms with Crippen LogP contribution in [0.25, 0.3) is 21.9 Å². The van der Waals surface area contributed by atoms with E-state index in [-0.39, 0.29) is 12.4 Å². The van der Waals surface area contributed by atoms with Crippen LogP contribution in [0.5, 0.6) is 5.88 Å². The van der Waals surface area contributed by atoms with Gasteiger partial charge in [0.1, 0.15) is 5.52 Å². The predicted octanol–water partition coefficient (Wildman–Crippen LogP) is 4.98. The highest BCUT2D eigenvalue weighted by Gasteiger charge is 2.13. The SMILES string of the molecule is COc1ccc2nc3cc(Cl)ccc3c(Nc3cccc(NS(C)(=O)=O)c3)c2n1.Cl. The van der Waals surface area contributed by atoms with Crippen LogP contribution in [0.3, 0.4) is 0 Å². The van der Waals surface area contributed by atoms with Crippen molar-refractivity contribution >= 4 is 73.0 Å². The number of hydrogen-bond donors (Lipinski definition) is 2. The predicted molar refractivity (Wildman–Crippen MR) is 124 cm³/mol. The second-order valence-electron chi connectivity index (χ2n) is 6.45. The van der Waals surface area contributed by atoms with Crippen LogP contribution < -0.4 is 14.8 Å². The molecular formula is C20H18Cl2N4O3S. The highest BCUT2D eigenvalue weighted by Crippen LogP contribution is 2.34. The van der Waals surface area contributed by atoms with Gasteiger partial charge in [0.15, 0.2) is 0 Å². The van der Waals surface area contributed by atoms with Crippen molar-refractivity contribution in [3.05, 3.63) is 59.6 Å². The first-order valence-corrected chi connectivity index (χ1v) is 10.9. The minimum absolute atomic E-state index is 0. The molecule has 2 aromatic heterocycles. The van der Waals surface area contributed by atoms with Gasteiger partial charge in [0, 0.05) is 22.2 Å². The Hall–Kier alpha value is -2.81. The second-order valence-corrected chi connectivity index (χ2v) is 8.63. The molecule has 0 aliphatic rings. The lowest BCUT2D eigenvalue weighted by Crippen LogP contribution is -2.09. The monoisotopic (exact) mass is 464 g/mol. The maximum absolute atomic E-state index is 11.5. The molecule has 10 heteroatoms. The molecule has 0 radical (unpaired) electrons. The second kappa shape index (κ2) is 8.51. The largest absolute Gasteiger partial charge is 0.481 e. The van der Waals surface area contributed by atoms with Crippen LogP contribution in [-0.2, 0) is 10.0 Å². The van der Waals surface area contributed by atoms with Crippen molar-refractivity contribution in [2.45, 2.75) is 0 Å². The van der Waals surface area contributed by atoms with Crippen molar-refractivity contribution in [3.8, 4) is 5.88 Å². The first-order valence-electron chi connectivity index (χ1n) is 8.61. The summed E-state index contributed by atoms with van der Waals surface area (Å²) in [6, 6.07) is 16.0. The number of anilines is 3. The van der Waals surface area contributed by atoms with Gasteiger partial charge in [-0.2, -0.15) is 0 Å². The smallest absolute Gasteiger partial charge is 0.229 e. The molecule has 4 aromatic rings. The first kappa shape index (κ1) is 21.9. The number of hydrogen-bond acceptors (Lipinski definition) is 6. The number of nitrogens with zero attached hydrogens (tertiary/aromatic N) is 2. The molecule has 0 saturated heterocycles. The Bertz CT molecular complexity index is 1350. The molecule has 156 valence electrons. The lowest BCUT2D eigenvalue weighted by molar-refractivity contribution is 0.399. The minimum Gasteiger partial charge on any atom is -0.481 e. The van der Waals surface area contributed by atoms with Crippen molar-refractivity contribution in [1.82, 2.24) is 9.97 Å². The van der Waals surface area contributed by atoms with E-state index in [0.29, 0.717) is 38.8 Å². The zero-order chi connectivity index (χ0) is 20.6. The summed E-state index contributed by atoms with van der Waals surface area (Å²) in [4.78, 5) is 9.20. The molecule has 30 heavy (non-hydrogen) atoms. The summed E-state index contributed by atoms with van der Waals surface area (Å²) in [5, 5.41) is 4.75. The van der Waals surface area contributed by atoms with Gasteiger partial charge in [-0.15, -0.1) is 12.4 Å². The van der Waals surface area contributed by atoms with Crippen LogP contribution >= 0.6 is 24.0 Å². The van der Waals surface area contributed by atoms with Crippen molar-refractivity contribution in [1.29, 1.82) is 0 Å². The average Bonchev–Trinajstić information content (AvgIpc) is 2.66. The van der Waals surface area contributed by atoms with Gasteiger partial charge in [0.05, 0.1) is 35.8 Å². The maximum Gasteiger partial charge on any atom is 0.229 e. The normalized spacial score (nSPS) is 11.2. The molecule has 0 fully saturated rings. The molecule has 0 amide bonds. The summed E-state index contributed by atoms with van der Waals surface area (Å²) in [5.74, 6) is 0.461. The summed E-state index contributed by atoms with van der Waals surface area (Å²) >= 11 is 6.15. The number of halogens is 2. The van der Waals surface area contributed by atoms with Crippen molar-refractivity contribution < 1.29 is 13.2 Å². The van der Waals surface area contributed by atoms with Crippen molar-refractivity contribution in [3.63, 3.8) is 0 Å². The van der Waals surface area contributed by atoms with E-state index in [1.54, 1.807) is 43.5 Å². The van der Waals surface area contributed by atoms with Crippen LogP contribution in [0, 0.1) is 0 Å². The Balaban J connectivity index is 0.00000256. The quantitative estimate of drug-likeness (QED) is 0.404. The van der Waals surface area contributed by atoms with E-state index in [4.69, 9.17) is 16.3 Å². The van der Waals surface area contributed by atoms with Crippen LogP contribution in [-0.4, -0.2) is 31.8 Å². The summed E-state index contributed by atoms with van der Waals surface area (Å²) < 4.78 is 30.8. The highest BCUT2D eigenvalue weighted by atomic mass is 35.5. The molecular weight excluding hydrogens is 447 g/mol.